The smallest absolute Gasteiger partial charge is 0.129 e. The molecule has 22 heavy (non-hydrogen) atoms. The van der Waals surface area contributed by atoms with Gasteiger partial charge >= 0.3 is 0 Å². The number of β-amino-alcohol motifs (C(OH)–C–C–N with tert-alkyl or cyclic N) is 1. The van der Waals surface area contributed by atoms with Crippen LogP contribution in [0.5, 0.6) is 0 Å². The Hall–Kier alpha value is -1.01. The third-order valence-corrected chi connectivity index (χ3v) is 4.74. The number of ether oxygens (including phenoxy) is 1. The van der Waals surface area contributed by atoms with Gasteiger partial charge in [-0.05, 0) is 25.5 Å². The summed E-state index contributed by atoms with van der Waals surface area (Å²) in [5.74, 6) is -0.320. The summed E-state index contributed by atoms with van der Waals surface area (Å²) in [7, 11) is 0. The van der Waals surface area contributed by atoms with Crippen LogP contribution in [-0.2, 0) is 4.74 Å². The van der Waals surface area contributed by atoms with Gasteiger partial charge in [0, 0.05) is 37.8 Å². The van der Waals surface area contributed by atoms with Gasteiger partial charge in [-0.1, -0.05) is 18.2 Å². The number of morpholine rings is 1. The minimum Gasteiger partial charge on any atom is -0.387 e. The van der Waals surface area contributed by atoms with Gasteiger partial charge in [-0.3, -0.25) is 9.80 Å². The minimum absolute atomic E-state index is 0.320. The fourth-order valence-electron chi connectivity index (χ4n) is 3.49. The molecule has 2 fully saturated rings. The summed E-state index contributed by atoms with van der Waals surface area (Å²) >= 11 is 0. The van der Waals surface area contributed by atoms with Crippen molar-refractivity contribution in [1.29, 1.82) is 0 Å². The van der Waals surface area contributed by atoms with Crippen LogP contribution in [-0.4, -0.2) is 66.9 Å². The number of hydrogen-bond donors (Lipinski definition) is 1. The van der Waals surface area contributed by atoms with Gasteiger partial charge in [0.1, 0.15) is 5.82 Å². The van der Waals surface area contributed by atoms with Gasteiger partial charge in [0.2, 0.25) is 0 Å². The van der Waals surface area contributed by atoms with Crippen molar-refractivity contribution in [3.8, 4) is 0 Å². The van der Waals surface area contributed by atoms with E-state index in [0.717, 1.165) is 52.2 Å². The van der Waals surface area contributed by atoms with Crippen molar-refractivity contribution in [2.45, 2.75) is 25.0 Å². The summed E-state index contributed by atoms with van der Waals surface area (Å²) in [4.78, 5) is 4.74. The quantitative estimate of drug-likeness (QED) is 0.897. The lowest BCUT2D eigenvalue weighted by Crippen LogP contribution is -2.45. The number of likely N-dealkylation sites (tertiary alicyclic amines) is 1. The second-order valence-corrected chi connectivity index (χ2v) is 6.24. The predicted molar refractivity (Wildman–Crippen MR) is 83.2 cm³/mol. The molecule has 2 saturated heterocycles. The van der Waals surface area contributed by atoms with Crippen LogP contribution in [0.25, 0.3) is 0 Å². The van der Waals surface area contributed by atoms with Crippen LogP contribution in [0.4, 0.5) is 4.39 Å². The largest absolute Gasteiger partial charge is 0.387 e. The average molecular weight is 308 g/mol. The number of benzene rings is 1. The highest BCUT2D eigenvalue weighted by Crippen LogP contribution is 2.24. The first-order chi connectivity index (χ1) is 10.7. The van der Waals surface area contributed by atoms with E-state index in [4.69, 9.17) is 4.74 Å². The van der Waals surface area contributed by atoms with E-state index in [1.807, 2.05) is 0 Å². The molecule has 0 radical (unpaired) electrons. The van der Waals surface area contributed by atoms with E-state index in [1.54, 1.807) is 18.2 Å². The molecule has 0 spiro atoms. The molecular weight excluding hydrogens is 283 g/mol. The average Bonchev–Trinajstić information content (AvgIpc) is 2.95. The first-order valence-electron chi connectivity index (χ1n) is 8.20. The molecular formula is C17H25FN2O2. The van der Waals surface area contributed by atoms with Crippen molar-refractivity contribution >= 4 is 0 Å². The van der Waals surface area contributed by atoms with E-state index in [0.29, 0.717) is 18.2 Å². The molecule has 2 aliphatic rings. The van der Waals surface area contributed by atoms with Gasteiger partial charge in [0.25, 0.3) is 0 Å². The second-order valence-electron chi connectivity index (χ2n) is 6.24. The lowest BCUT2D eigenvalue weighted by atomic mass is 10.1. The standard InChI is InChI=1S/C17H25FN2O2/c18-16-6-2-1-5-15(16)17(21)13-20-7-3-4-14(20)12-19-8-10-22-11-9-19/h1-2,5-6,14,17,21H,3-4,7-13H2. The molecule has 0 aromatic heterocycles. The van der Waals surface area contributed by atoms with E-state index in [9.17, 15) is 9.50 Å². The monoisotopic (exact) mass is 308 g/mol. The van der Waals surface area contributed by atoms with Crippen LogP contribution in [0.1, 0.15) is 24.5 Å². The molecule has 0 amide bonds. The van der Waals surface area contributed by atoms with E-state index in [-0.39, 0.29) is 5.82 Å². The van der Waals surface area contributed by atoms with Crippen LogP contribution < -0.4 is 0 Å². The molecule has 5 heteroatoms. The molecule has 3 rings (SSSR count). The van der Waals surface area contributed by atoms with E-state index in [1.165, 1.54) is 6.07 Å². The summed E-state index contributed by atoms with van der Waals surface area (Å²) in [5.41, 5.74) is 0.402. The molecule has 1 aromatic carbocycles. The molecule has 2 unspecified atom stereocenters. The summed E-state index contributed by atoms with van der Waals surface area (Å²) in [6.07, 6.45) is 1.55. The number of aliphatic hydroxyl groups is 1. The first kappa shape index (κ1) is 15.9. The molecule has 122 valence electrons. The van der Waals surface area contributed by atoms with Crippen molar-refractivity contribution in [2.24, 2.45) is 0 Å². The Morgan fingerprint density at radius 2 is 2.00 bits per heavy atom. The van der Waals surface area contributed by atoms with Crippen LogP contribution in [0.15, 0.2) is 24.3 Å². The lowest BCUT2D eigenvalue weighted by molar-refractivity contribution is 0.0217. The van der Waals surface area contributed by atoms with E-state index >= 15 is 0 Å². The molecule has 2 aliphatic heterocycles. The fraction of sp³-hybridized carbons (Fsp3) is 0.647. The number of hydrogen-bond acceptors (Lipinski definition) is 4. The summed E-state index contributed by atoms with van der Waals surface area (Å²) < 4.78 is 19.2. The first-order valence-corrected chi connectivity index (χ1v) is 8.20. The normalized spacial score (nSPS) is 25.5. The summed E-state index contributed by atoms with van der Waals surface area (Å²) in [6.45, 7) is 6.11. The highest BCUT2D eigenvalue weighted by Gasteiger charge is 2.29. The minimum atomic E-state index is -0.758. The molecule has 0 bridgehead atoms. The number of halogens is 1. The van der Waals surface area contributed by atoms with Crippen molar-refractivity contribution < 1.29 is 14.2 Å². The Labute approximate surface area is 131 Å². The van der Waals surface area contributed by atoms with Crippen molar-refractivity contribution in [1.82, 2.24) is 9.80 Å². The third-order valence-electron chi connectivity index (χ3n) is 4.74. The predicted octanol–water partition coefficient (Wildman–Crippen LogP) is 1.66. The Kier molecular flexibility index (Phi) is 5.41. The summed E-state index contributed by atoms with van der Waals surface area (Å²) in [5, 5.41) is 10.4. The van der Waals surface area contributed by atoms with Crippen molar-refractivity contribution in [3.05, 3.63) is 35.6 Å². The lowest BCUT2D eigenvalue weighted by Gasteiger charge is -2.33. The zero-order valence-corrected chi connectivity index (χ0v) is 13.0. The maximum atomic E-state index is 13.8. The number of aliphatic hydroxyl groups excluding tert-OH is 1. The maximum absolute atomic E-state index is 13.8. The van der Waals surface area contributed by atoms with Crippen LogP contribution in [0, 0.1) is 5.82 Å². The summed E-state index contributed by atoms with van der Waals surface area (Å²) in [6, 6.07) is 6.97. The fourth-order valence-corrected chi connectivity index (χ4v) is 3.49. The molecule has 0 saturated carbocycles. The SMILES string of the molecule is OC(CN1CCCC1CN1CCOCC1)c1ccccc1F. The zero-order chi connectivity index (χ0) is 15.4. The Bertz CT molecular complexity index is 479. The Morgan fingerprint density at radius 1 is 1.23 bits per heavy atom. The molecule has 0 aliphatic carbocycles. The Balaban J connectivity index is 1.57. The number of nitrogens with zero attached hydrogens (tertiary/aromatic N) is 2. The molecule has 2 atom stereocenters. The zero-order valence-electron chi connectivity index (χ0n) is 13.0. The van der Waals surface area contributed by atoms with Gasteiger partial charge in [0.15, 0.2) is 0 Å². The van der Waals surface area contributed by atoms with Crippen molar-refractivity contribution in [3.63, 3.8) is 0 Å². The van der Waals surface area contributed by atoms with Gasteiger partial charge in [0.05, 0.1) is 19.3 Å². The third kappa shape index (κ3) is 3.84. The molecule has 2 heterocycles. The topological polar surface area (TPSA) is 35.9 Å². The van der Waals surface area contributed by atoms with Crippen LogP contribution in [0.2, 0.25) is 0 Å². The van der Waals surface area contributed by atoms with Gasteiger partial charge in [-0.25, -0.2) is 4.39 Å². The highest BCUT2D eigenvalue weighted by atomic mass is 19.1. The van der Waals surface area contributed by atoms with Gasteiger partial charge in [-0.15, -0.1) is 0 Å². The second kappa shape index (κ2) is 7.51. The molecule has 4 nitrogen and oxygen atoms in total. The van der Waals surface area contributed by atoms with E-state index < -0.39 is 6.10 Å². The molecule has 1 N–H and O–H groups in total. The van der Waals surface area contributed by atoms with Crippen LogP contribution >= 0.6 is 0 Å². The Morgan fingerprint density at radius 3 is 2.77 bits per heavy atom. The van der Waals surface area contributed by atoms with Crippen molar-refractivity contribution in [2.75, 3.05) is 45.9 Å². The number of rotatable bonds is 5. The van der Waals surface area contributed by atoms with Gasteiger partial charge < -0.3 is 9.84 Å². The maximum Gasteiger partial charge on any atom is 0.129 e. The van der Waals surface area contributed by atoms with Gasteiger partial charge in [-0.2, -0.15) is 0 Å². The molecule has 1 aromatic rings. The van der Waals surface area contributed by atoms with E-state index in [2.05, 4.69) is 9.80 Å². The van der Waals surface area contributed by atoms with Crippen LogP contribution in [0.3, 0.4) is 0 Å². The highest BCUT2D eigenvalue weighted by molar-refractivity contribution is 5.20.